The van der Waals surface area contributed by atoms with E-state index in [-0.39, 0.29) is 17.3 Å². The number of halogens is 2. The van der Waals surface area contributed by atoms with E-state index >= 15 is 0 Å². The topological polar surface area (TPSA) is 119 Å². The monoisotopic (exact) mass is 380 g/mol. The van der Waals surface area contributed by atoms with E-state index < -0.39 is 10.8 Å². The second-order valence-electron chi connectivity index (χ2n) is 5.00. The molecule has 0 aliphatic rings. The Morgan fingerprint density at radius 3 is 2.76 bits per heavy atom. The molecule has 0 unspecified atom stereocenters. The number of nitro groups is 1. The van der Waals surface area contributed by atoms with Crippen LogP contribution in [0, 0.1) is 10.1 Å². The molecule has 0 spiro atoms. The largest absolute Gasteiger partial charge is 0.358 e. The maximum absolute atomic E-state index is 12.0. The van der Waals surface area contributed by atoms with Crippen LogP contribution in [0.25, 0.3) is 0 Å². The van der Waals surface area contributed by atoms with Crippen LogP contribution in [0.2, 0.25) is 10.0 Å². The van der Waals surface area contributed by atoms with Gasteiger partial charge in [-0.15, -0.1) is 5.10 Å². The van der Waals surface area contributed by atoms with Gasteiger partial charge in [0.25, 0.3) is 5.91 Å². The summed E-state index contributed by atoms with van der Waals surface area (Å²) in [6.45, 7) is 0.431. The van der Waals surface area contributed by atoms with E-state index in [1.165, 1.54) is 0 Å². The van der Waals surface area contributed by atoms with Crippen LogP contribution in [0.1, 0.15) is 16.1 Å². The molecule has 0 aliphatic heterocycles. The first kappa shape index (κ1) is 16.9. The maximum Gasteiger partial charge on any atom is 0.343 e. The summed E-state index contributed by atoms with van der Waals surface area (Å²) in [5, 5.41) is 24.0. The molecule has 2 N–H and O–H groups in total. The summed E-state index contributed by atoms with van der Waals surface area (Å²) >= 11 is 11.8. The van der Waals surface area contributed by atoms with Crippen molar-refractivity contribution in [3.8, 4) is 0 Å². The Labute approximate surface area is 150 Å². The fourth-order valence-electron chi connectivity index (χ4n) is 2.04. The molecule has 2 heterocycles. The average Bonchev–Trinajstić information content (AvgIpc) is 3.20. The lowest BCUT2D eigenvalue weighted by atomic mass is 10.2. The lowest BCUT2D eigenvalue weighted by Gasteiger charge is -2.04. The minimum absolute atomic E-state index is 0.106. The number of benzene rings is 1. The number of H-pyrrole nitrogens is 1. The van der Waals surface area contributed by atoms with Crippen molar-refractivity contribution < 1.29 is 9.72 Å². The molecule has 11 heteroatoms. The number of hydrogen-bond donors (Lipinski definition) is 2. The highest BCUT2D eigenvalue weighted by atomic mass is 35.5. The van der Waals surface area contributed by atoms with Crippen molar-refractivity contribution in [1.82, 2.24) is 20.0 Å². The Kier molecular flexibility index (Phi) is 4.68. The maximum atomic E-state index is 12.0. The predicted molar refractivity (Wildman–Crippen MR) is 91.0 cm³/mol. The fraction of sp³-hybridized carbons (Fsp3) is 0.0714. The highest BCUT2D eigenvalue weighted by Gasteiger charge is 2.17. The molecule has 3 aromatic rings. The van der Waals surface area contributed by atoms with Crippen LogP contribution in [-0.4, -0.2) is 30.8 Å². The van der Waals surface area contributed by atoms with E-state index in [0.717, 1.165) is 11.6 Å². The minimum atomic E-state index is -0.671. The van der Waals surface area contributed by atoms with Gasteiger partial charge in [-0.05, 0) is 22.6 Å². The molecule has 0 atom stereocenters. The molecular weight excluding hydrogens is 371 g/mol. The minimum Gasteiger partial charge on any atom is -0.358 e. The summed E-state index contributed by atoms with van der Waals surface area (Å²) in [6.07, 6.45) is 1.67. The fourth-order valence-corrected chi connectivity index (χ4v) is 2.36. The molecule has 128 valence electrons. The number of anilines is 1. The second kappa shape index (κ2) is 6.91. The van der Waals surface area contributed by atoms with Gasteiger partial charge < -0.3 is 15.4 Å². The van der Waals surface area contributed by atoms with Crippen LogP contribution in [0.5, 0.6) is 0 Å². The van der Waals surface area contributed by atoms with Crippen LogP contribution in [0.3, 0.4) is 0 Å². The summed E-state index contributed by atoms with van der Waals surface area (Å²) < 4.78 is 1.60. The molecule has 0 saturated heterocycles. The zero-order chi connectivity index (χ0) is 18.0. The third kappa shape index (κ3) is 3.95. The summed E-state index contributed by atoms with van der Waals surface area (Å²) in [4.78, 5) is 21.9. The third-order valence-electron chi connectivity index (χ3n) is 3.20. The number of nitrogens with one attached hydrogen (secondary N) is 2. The Balaban J connectivity index is 1.67. The van der Waals surface area contributed by atoms with Crippen molar-refractivity contribution in [3.05, 3.63) is 67.9 Å². The van der Waals surface area contributed by atoms with Crippen molar-refractivity contribution in [3.63, 3.8) is 0 Å². The first-order valence-electron chi connectivity index (χ1n) is 6.91. The second-order valence-corrected chi connectivity index (χ2v) is 5.81. The van der Waals surface area contributed by atoms with Gasteiger partial charge in [-0.1, -0.05) is 34.4 Å². The molecule has 9 nitrogen and oxygen atoms in total. The van der Waals surface area contributed by atoms with Gasteiger partial charge in [-0.2, -0.15) is 5.10 Å². The summed E-state index contributed by atoms with van der Waals surface area (Å²) in [5.41, 5.74) is 0.782. The predicted octanol–water partition coefficient (Wildman–Crippen LogP) is 3.12. The first-order valence-corrected chi connectivity index (χ1v) is 7.66. The van der Waals surface area contributed by atoms with Crippen molar-refractivity contribution in [2.75, 3.05) is 5.32 Å². The molecule has 2 aromatic heterocycles. The summed E-state index contributed by atoms with van der Waals surface area (Å²) in [5.74, 6) is -0.685. The molecule has 0 fully saturated rings. The van der Waals surface area contributed by atoms with Crippen molar-refractivity contribution in [2.24, 2.45) is 0 Å². The van der Waals surface area contributed by atoms with E-state index in [9.17, 15) is 14.9 Å². The van der Waals surface area contributed by atoms with Crippen LogP contribution in [0.4, 0.5) is 11.6 Å². The normalized spacial score (nSPS) is 10.6. The van der Waals surface area contributed by atoms with Gasteiger partial charge in [-0.3, -0.25) is 9.48 Å². The Morgan fingerprint density at radius 2 is 2.08 bits per heavy atom. The van der Waals surface area contributed by atoms with E-state index in [1.807, 2.05) is 6.07 Å². The van der Waals surface area contributed by atoms with Crippen LogP contribution in [0.15, 0.2) is 36.5 Å². The molecule has 3 rings (SSSR count). The lowest BCUT2D eigenvalue weighted by molar-refractivity contribution is -0.389. The van der Waals surface area contributed by atoms with Crippen molar-refractivity contribution >= 4 is 40.7 Å². The smallest absolute Gasteiger partial charge is 0.343 e. The molecule has 0 radical (unpaired) electrons. The van der Waals surface area contributed by atoms with Crippen molar-refractivity contribution in [2.45, 2.75) is 6.54 Å². The molecule has 0 aliphatic carbocycles. The zero-order valence-electron chi connectivity index (χ0n) is 12.4. The van der Waals surface area contributed by atoms with Crippen LogP contribution >= 0.6 is 23.2 Å². The van der Waals surface area contributed by atoms with Gasteiger partial charge in [0.1, 0.15) is 0 Å². The van der Waals surface area contributed by atoms with E-state index in [0.29, 0.717) is 16.6 Å². The molecular formula is C14H10Cl2N6O3. The molecule has 0 bridgehead atoms. The Bertz CT molecular complexity index is 952. The number of aromatic amines is 1. The molecule has 1 aromatic carbocycles. The number of carbonyl (C=O) groups excluding carboxylic acids is 1. The number of nitrogens with zero attached hydrogens (tertiary/aromatic N) is 4. The van der Waals surface area contributed by atoms with E-state index in [1.54, 1.807) is 29.1 Å². The number of amides is 1. The van der Waals surface area contributed by atoms with Gasteiger partial charge in [0, 0.05) is 12.3 Å². The highest BCUT2D eigenvalue weighted by molar-refractivity contribution is 6.42. The molecule has 0 saturated carbocycles. The Morgan fingerprint density at radius 1 is 1.28 bits per heavy atom. The molecule has 25 heavy (non-hydrogen) atoms. The van der Waals surface area contributed by atoms with Crippen molar-refractivity contribution in [1.29, 1.82) is 0 Å². The van der Waals surface area contributed by atoms with E-state index in [2.05, 4.69) is 20.6 Å². The van der Waals surface area contributed by atoms with E-state index in [4.69, 9.17) is 23.2 Å². The van der Waals surface area contributed by atoms with Gasteiger partial charge in [-0.25, -0.2) is 0 Å². The summed E-state index contributed by atoms with van der Waals surface area (Å²) in [7, 11) is 0. The quantitative estimate of drug-likeness (QED) is 0.520. The number of carbonyl (C=O) groups is 1. The molecule has 1 amide bonds. The zero-order valence-corrected chi connectivity index (χ0v) is 14.0. The van der Waals surface area contributed by atoms with Crippen LogP contribution in [-0.2, 0) is 6.54 Å². The van der Waals surface area contributed by atoms with Crippen LogP contribution < -0.4 is 5.32 Å². The third-order valence-corrected chi connectivity index (χ3v) is 3.94. The lowest BCUT2D eigenvalue weighted by Crippen LogP contribution is -2.13. The standard InChI is InChI=1S/C14H10Cl2N6O3/c15-9-2-1-8(5-10(9)16)7-21-4-3-12(20-21)17-14(23)11-6-13(19-18-11)22(24)25/h1-6H,7H2,(H,18,19)(H,17,20,23). The first-order chi connectivity index (χ1) is 11.9. The van der Waals surface area contributed by atoms with Gasteiger partial charge >= 0.3 is 5.82 Å². The SMILES string of the molecule is O=C(Nc1ccn(Cc2ccc(Cl)c(Cl)c2)n1)c1cc([N+](=O)[O-])[nH]n1. The summed E-state index contributed by atoms with van der Waals surface area (Å²) in [6, 6.07) is 7.87. The van der Waals surface area contributed by atoms with Gasteiger partial charge in [0.2, 0.25) is 0 Å². The van der Waals surface area contributed by atoms with Gasteiger partial charge in [0.05, 0.1) is 22.7 Å². The number of rotatable bonds is 5. The number of aromatic nitrogens is 4. The average molecular weight is 381 g/mol. The number of hydrogen-bond acceptors (Lipinski definition) is 5. The highest BCUT2D eigenvalue weighted by Crippen LogP contribution is 2.23. The van der Waals surface area contributed by atoms with Gasteiger partial charge in [0.15, 0.2) is 11.5 Å². The Hall–Kier alpha value is -2.91.